The molecule has 0 saturated carbocycles. The highest BCUT2D eigenvalue weighted by Crippen LogP contribution is 2.52. The number of nitro groups is 1. The summed E-state index contributed by atoms with van der Waals surface area (Å²) in [5.74, 6) is 0.778. The molecule has 1 N–H and O–H groups in total. The summed E-state index contributed by atoms with van der Waals surface area (Å²) < 4.78 is 0. The molecule has 138 valence electrons. The van der Waals surface area contributed by atoms with Gasteiger partial charge in [0.05, 0.1) is 11.0 Å². The Morgan fingerprint density at radius 1 is 0.929 bits per heavy atom. The molecule has 0 spiro atoms. The Kier molecular flexibility index (Phi) is 3.97. The van der Waals surface area contributed by atoms with E-state index in [0.717, 1.165) is 12.0 Å². The molecule has 2 aliphatic rings. The van der Waals surface area contributed by atoms with Gasteiger partial charge >= 0.3 is 0 Å². The van der Waals surface area contributed by atoms with Crippen LogP contribution in [0.25, 0.3) is 11.1 Å². The number of anilines is 1. The first-order valence-electron chi connectivity index (χ1n) is 9.58. The van der Waals surface area contributed by atoms with E-state index in [4.69, 9.17) is 0 Å². The van der Waals surface area contributed by atoms with Gasteiger partial charge in [0, 0.05) is 29.3 Å². The number of nitro benzene ring substituents is 1. The van der Waals surface area contributed by atoms with E-state index in [1.807, 2.05) is 18.2 Å². The highest BCUT2D eigenvalue weighted by molar-refractivity contribution is 5.82. The fourth-order valence-electron chi connectivity index (χ4n) is 4.61. The first-order valence-corrected chi connectivity index (χ1v) is 9.58. The second kappa shape index (κ2) is 6.64. The van der Waals surface area contributed by atoms with E-state index in [-0.39, 0.29) is 16.7 Å². The number of non-ortho nitro benzene ring substituents is 1. The third-order valence-electron chi connectivity index (χ3n) is 5.94. The molecule has 1 heterocycles. The Hall–Kier alpha value is -3.40. The number of hydrogen-bond donors (Lipinski definition) is 1. The van der Waals surface area contributed by atoms with Crippen molar-refractivity contribution in [2.75, 3.05) is 5.32 Å². The van der Waals surface area contributed by atoms with Crippen LogP contribution in [-0.4, -0.2) is 4.92 Å². The molecular weight excluding hydrogens is 348 g/mol. The number of allylic oxidation sites excluding steroid dienone is 2. The Labute approximate surface area is 163 Å². The molecule has 28 heavy (non-hydrogen) atoms. The van der Waals surface area contributed by atoms with E-state index in [1.165, 1.54) is 22.4 Å². The van der Waals surface area contributed by atoms with Crippen molar-refractivity contribution in [2.24, 2.45) is 5.92 Å². The fourth-order valence-corrected chi connectivity index (χ4v) is 4.61. The maximum atomic E-state index is 11.0. The largest absolute Gasteiger partial charge is 0.377 e. The van der Waals surface area contributed by atoms with Crippen molar-refractivity contribution >= 4 is 11.4 Å². The smallest absolute Gasteiger partial charge is 0.269 e. The lowest BCUT2D eigenvalue weighted by molar-refractivity contribution is -0.384. The van der Waals surface area contributed by atoms with Crippen LogP contribution >= 0.6 is 0 Å². The van der Waals surface area contributed by atoms with Crippen LogP contribution in [0.5, 0.6) is 0 Å². The lowest BCUT2D eigenvalue weighted by atomic mass is 9.76. The number of rotatable bonds is 3. The Bertz CT molecular complexity index is 1060. The Balaban J connectivity index is 1.60. The van der Waals surface area contributed by atoms with Crippen LogP contribution in [-0.2, 0) is 0 Å². The first kappa shape index (κ1) is 16.8. The summed E-state index contributed by atoms with van der Waals surface area (Å²) in [6.45, 7) is 0. The van der Waals surface area contributed by atoms with Gasteiger partial charge in [0.25, 0.3) is 5.69 Å². The average molecular weight is 368 g/mol. The fraction of sp³-hybridized carbons (Fsp3) is 0.167. The van der Waals surface area contributed by atoms with Crippen molar-refractivity contribution in [3.63, 3.8) is 0 Å². The van der Waals surface area contributed by atoms with Crippen molar-refractivity contribution in [1.29, 1.82) is 0 Å². The van der Waals surface area contributed by atoms with Gasteiger partial charge in [0.2, 0.25) is 0 Å². The van der Waals surface area contributed by atoms with Crippen molar-refractivity contribution in [1.82, 2.24) is 0 Å². The minimum atomic E-state index is -0.346. The predicted octanol–water partition coefficient (Wildman–Crippen LogP) is 6.09. The first-order chi connectivity index (χ1) is 13.7. The summed E-state index contributed by atoms with van der Waals surface area (Å²) >= 11 is 0. The summed E-state index contributed by atoms with van der Waals surface area (Å²) in [4.78, 5) is 10.7. The maximum absolute atomic E-state index is 11.0. The van der Waals surface area contributed by atoms with Gasteiger partial charge in [-0.25, -0.2) is 0 Å². The standard InChI is InChI=1S/C24H20N2O2/c27-26(28)18-14-12-17(13-15-18)23-21-10-5-9-20(21)22-11-4-8-19(24(22)25-23)16-6-2-1-3-7-16/h1-9,11-15,20-21,23,25H,10H2/t20-,21+,23+/m0/s1. The van der Waals surface area contributed by atoms with Gasteiger partial charge in [-0.2, -0.15) is 0 Å². The highest BCUT2D eigenvalue weighted by Gasteiger charge is 2.38. The maximum Gasteiger partial charge on any atom is 0.269 e. The highest BCUT2D eigenvalue weighted by atomic mass is 16.6. The SMILES string of the molecule is O=[N+]([O-])c1ccc([C@H]2Nc3c(-c4ccccc4)cccc3[C@H]3C=CC[C@H]32)cc1. The summed E-state index contributed by atoms with van der Waals surface area (Å²) in [6.07, 6.45) is 5.59. The van der Waals surface area contributed by atoms with Gasteiger partial charge in [0.1, 0.15) is 0 Å². The molecule has 0 aromatic heterocycles. The molecule has 3 atom stereocenters. The van der Waals surface area contributed by atoms with Crippen LogP contribution in [0, 0.1) is 16.0 Å². The molecule has 3 aromatic rings. The van der Waals surface area contributed by atoms with E-state index in [0.29, 0.717) is 11.8 Å². The number of hydrogen-bond acceptors (Lipinski definition) is 3. The van der Waals surface area contributed by atoms with Crippen LogP contribution in [0.1, 0.15) is 29.5 Å². The summed E-state index contributed by atoms with van der Waals surface area (Å²) in [5.41, 5.74) is 6.12. The van der Waals surface area contributed by atoms with Crippen molar-refractivity contribution in [2.45, 2.75) is 18.4 Å². The molecule has 5 rings (SSSR count). The number of nitrogens with one attached hydrogen (secondary N) is 1. The zero-order valence-corrected chi connectivity index (χ0v) is 15.3. The molecule has 4 heteroatoms. The van der Waals surface area contributed by atoms with Crippen LogP contribution in [0.3, 0.4) is 0 Å². The van der Waals surface area contributed by atoms with Gasteiger partial charge in [0.15, 0.2) is 0 Å². The lowest BCUT2D eigenvalue weighted by Crippen LogP contribution is -2.29. The Morgan fingerprint density at radius 2 is 1.71 bits per heavy atom. The van der Waals surface area contributed by atoms with Gasteiger partial charge in [-0.15, -0.1) is 0 Å². The number of para-hydroxylation sites is 1. The van der Waals surface area contributed by atoms with Crippen molar-refractivity contribution < 1.29 is 4.92 Å². The summed E-state index contributed by atoms with van der Waals surface area (Å²) in [6, 6.07) is 24.0. The second-order valence-electron chi connectivity index (χ2n) is 7.46. The Morgan fingerprint density at radius 3 is 2.46 bits per heavy atom. The number of nitrogens with zero attached hydrogens (tertiary/aromatic N) is 1. The second-order valence-corrected chi connectivity index (χ2v) is 7.46. The van der Waals surface area contributed by atoms with Gasteiger partial charge in [-0.05, 0) is 29.0 Å². The third kappa shape index (κ3) is 2.69. The summed E-state index contributed by atoms with van der Waals surface area (Å²) in [7, 11) is 0. The topological polar surface area (TPSA) is 55.2 Å². The van der Waals surface area contributed by atoms with E-state index in [1.54, 1.807) is 12.1 Å². The zero-order valence-electron chi connectivity index (χ0n) is 15.3. The summed E-state index contributed by atoms with van der Waals surface area (Å²) in [5, 5.41) is 14.8. The molecule has 3 aromatic carbocycles. The molecule has 0 saturated heterocycles. The normalized spacial score (nSPS) is 22.2. The minimum absolute atomic E-state index is 0.123. The molecular formula is C24H20N2O2. The number of benzene rings is 3. The minimum Gasteiger partial charge on any atom is -0.377 e. The molecule has 0 fully saturated rings. The average Bonchev–Trinajstić information content (AvgIpc) is 3.24. The van der Waals surface area contributed by atoms with E-state index < -0.39 is 0 Å². The monoisotopic (exact) mass is 368 g/mol. The zero-order chi connectivity index (χ0) is 19.1. The molecule has 0 unspecified atom stereocenters. The van der Waals surface area contributed by atoms with Gasteiger partial charge in [-0.1, -0.05) is 72.8 Å². The van der Waals surface area contributed by atoms with Gasteiger partial charge in [-0.3, -0.25) is 10.1 Å². The van der Waals surface area contributed by atoms with E-state index in [2.05, 4.69) is 59.9 Å². The third-order valence-corrected chi connectivity index (χ3v) is 5.94. The number of fused-ring (bicyclic) bond motifs is 3. The van der Waals surface area contributed by atoms with Crippen LogP contribution in [0.15, 0.2) is 84.9 Å². The molecule has 1 aliphatic carbocycles. The predicted molar refractivity (Wildman–Crippen MR) is 111 cm³/mol. The van der Waals surface area contributed by atoms with Crippen molar-refractivity contribution in [3.8, 4) is 11.1 Å². The quantitative estimate of drug-likeness (QED) is 0.346. The van der Waals surface area contributed by atoms with Crippen molar-refractivity contribution in [3.05, 3.63) is 106 Å². The van der Waals surface area contributed by atoms with E-state index in [9.17, 15) is 10.1 Å². The molecule has 0 amide bonds. The van der Waals surface area contributed by atoms with E-state index >= 15 is 0 Å². The molecule has 1 aliphatic heterocycles. The molecule has 4 nitrogen and oxygen atoms in total. The van der Waals surface area contributed by atoms with Crippen LogP contribution in [0.4, 0.5) is 11.4 Å². The lowest BCUT2D eigenvalue weighted by Gasteiger charge is -2.38. The van der Waals surface area contributed by atoms with Crippen LogP contribution in [0.2, 0.25) is 0 Å². The van der Waals surface area contributed by atoms with Gasteiger partial charge < -0.3 is 5.32 Å². The molecule has 0 radical (unpaired) electrons. The molecule has 0 bridgehead atoms. The van der Waals surface area contributed by atoms with Crippen LogP contribution < -0.4 is 5.32 Å².